The van der Waals surface area contributed by atoms with E-state index in [0.717, 1.165) is 5.56 Å². The van der Waals surface area contributed by atoms with E-state index in [9.17, 15) is 0 Å². The van der Waals surface area contributed by atoms with Gasteiger partial charge in [-0.15, -0.1) is 16.5 Å². The highest BCUT2D eigenvalue weighted by Crippen LogP contribution is 2.24. The quantitative estimate of drug-likeness (QED) is 0.521. The minimum Gasteiger partial charge on any atom is -0.277 e. The maximum atomic E-state index is 4.91. The monoisotopic (exact) mass is 354 g/mol. The van der Waals surface area contributed by atoms with E-state index in [0.29, 0.717) is 24.0 Å². The van der Waals surface area contributed by atoms with Gasteiger partial charge in [0.1, 0.15) is 0 Å². The van der Waals surface area contributed by atoms with Gasteiger partial charge in [0.25, 0.3) is 0 Å². The van der Waals surface area contributed by atoms with Crippen molar-refractivity contribution in [2.45, 2.75) is 20.4 Å². The molecule has 0 aromatic carbocycles. The summed E-state index contributed by atoms with van der Waals surface area (Å²) in [5.41, 5.74) is 5.55. The predicted octanol–water partition coefficient (Wildman–Crippen LogP) is 4.47. The maximum absolute atomic E-state index is 4.91. The summed E-state index contributed by atoms with van der Waals surface area (Å²) < 4.78 is 0. The predicted molar refractivity (Wildman–Crippen MR) is 97.9 cm³/mol. The standard InChI is InChI=1S/C17H18N6OS/c1-11-8-14(25-12(11)2)10-19-22-16-9-15(13-4-6-18-7-5-13)20-17(21-16)23-24-3/h4-9H,10H2,1-3H3,(H,20,21,23). The molecule has 3 heterocycles. The summed E-state index contributed by atoms with van der Waals surface area (Å²) in [7, 11) is 1.51. The van der Waals surface area contributed by atoms with Gasteiger partial charge in [0.2, 0.25) is 5.95 Å². The fourth-order valence-electron chi connectivity index (χ4n) is 2.20. The molecule has 0 bridgehead atoms. The van der Waals surface area contributed by atoms with Gasteiger partial charge in [0.05, 0.1) is 19.3 Å². The van der Waals surface area contributed by atoms with Crippen LogP contribution in [-0.4, -0.2) is 22.1 Å². The first-order valence-electron chi connectivity index (χ1n) is 7.67. The van der Waals surface area contributed by atoms with Gasteiger partial charge in [-0.2, -0.15) is 10.1 Å². The van der Waals surface area contributed by atoms with Gasteiger partial charge in [-0.25, -0.2) is 10.5 Å². The number of nitrogens with one attached hydrogen (secondary N) is 1. The topological polar surface area (TPSA) is 84.6 Å². The highest BCUT2D eigenvalue weighted by Gasteiger charge is 2.07. The van der Waals surface area contributed by atoms with E-state index < -0.39 is 0 Å². The zero-order chi connectivity index (χ0) is 17.6. The lowest BCUT2D eigenvalue weighted by Crippen LogP contribution is -2.02. The second-order valence-electron chi connectivity index (χ2n) is 5.33. The third kappa shape index (κ3) is 4.43. The molecule has 0 saturated heterocycles. The highest BCUT2D eigenvalue weighted by atomic mass is 32.1. The fraction of sp³-hybridized carbons (Fsp3) is 0.235. The minimum atomic E-state index is 0.327. The molecule has 0 aliphatic heterocycles. The second-order valence-corrected chi connectivity index (χ2v) is 6.67. The van der Waals surface area contributed by atoms with Gasteiger partial charge >= 0.3 is 0 Å². The van der Waals surface area contributed by atoms with Gasteiger partial charge in [0.15, 0.2) is 5.82 Å². The van der Waals surface area contributed by atoms with Crippen molar-refractivity contribution < 1.29 is 4.84 Å². The molecule has 0 unspecified atom stereocenters. The van der Waals surface area contributed by atoms with E-state index in [1.165, 1.54) is 22.4 Å². The number of aromatic nitrogens is 3. The summed E-state index contributed by atoms with van der Waals surface area (Å²) in [5, 5.41) is 8.51. The highest BCUT2D eigenvalue weighted by molar-refractivity contribution is 7.12. The lowest BCUT2D eigenvalue weighted by Gasteiger charge is -2.05. The Hall–Kier alpha value is -2.71. The zero-order valence-corrected chi connectivity index (χ0v) is 15.0. The van der Waals surface area contributed by atoms with Crippen molar-refractivity contribution in [3.05, 3.63) is 52.0 Å². The molecule has 25 heavy (non-hydrogen) atoms. The van der Waals surface area contributed by atoms with Crippen molar-refractivity contribution in [3.8, 4) is 11.3 Å². The molecule has 3 rings (SSSR count). The Labute approximate surface area is 149 Å². The van der Waals surface area contributed by atoms with Crippen LogP contribution in [0.4, 0.5) is 11.8 Å². The zero-order valence-electron chi connectivity index (χ0n) is 14.2. The number of hydrogen-bond acceptors (Lipinski definition) is 8. The number of aryl methyl sites for hydroxylation is 2. The molecule has 0 amide bonds. The first-order chi connectivity index (χ1) is 12.2. The molecule has 0 fully saturated rings. The molecule has 0 radical (unpaired) electrons. The average Bonchev–Trinajstić information content (AvgIpc) is 2.94. The molecule has 0 saturated carbocycles. The van der Waals surface area contributed by atoms with Crippen LogP contribution < -0.4 is 5.48 Å². The molecule has 128 valence electrons. The van der Waals surface area contributed by atoms with Crippen molar-refractivity contribution in [2.24, 2.45) is 10.2 Å². The fourth-order valence-corrected chi connectivity index (χ4v) is 3.17. The summed E-state index contributed by atoms with van der Waals surface area (Å²) in [5.74, 6) is 0.792. The molecular formula is C17H18N6OS. The van der Waals surface area contributed by atoms with E-state index in [1.54, 1.807) is 29.8 Å². The number of nitrogens with zero attached hydrogens (tertiary/aromatic N) is 5. The number of azo groups is 1. The molecule has 7 nitrogen and oxygen atoms in total. The van der Waals surface area contributed by atoms with Gasteiger partial charge in [-0.1, -0.05) is 0 Å². The largest absolute Gasteiger partial charge is 0.277 e. The van der Waals surface area contributed by atoms with Crippen LogP contribution in [0.1, 0.15) is 15.3 Å². The normalized spacial score (nSPS) is 11.2. The summed E-state index contributed by atoms with van der Waals surface area (Å²) in [6.07, 6.45) is 3.42. The number of pyridine rings is 1. The smallest absolute Gasteiger partial charge is 0.249 e. The van der Waals surface area contributed by atoms with E-state index in [1.807, 2.05) is 12.1 Å². The third-order valence-corrected chi connectivity index (χ3v) is 4.64. The Morgan fingerprint density at radius 3 is 2.64 bits per heavy atom. The van der Waals surface area contributed by atoms with Crippen LogP contribution in [0.3, 0.4) is 0 Å². The van der Waals surface area contributed by atoms with Crippen molar-refractivity contribution in [1.29, 1.82) is 0 Å². The van der Waals surface area contributed by atoms with Crippen LogP contribution in [0.5, 0.6) is 0 Å². The van der Waals surface area contributed by atoms with Crippen molar-refractivity contribution in [2.75, 3.05) is 12.6 Å². The number of anilines is 1. The summed E-state index contributed by atoms with van der Waals surface area (Å²) in [6, 6.07) is 7.66. The van der Waals surface area contributed by atoms with E-state index >= 15 is 0 Å². The van der Waals surface area contributed by atoms with E-state index in [4.69, 9.17) is 4.84 Å². The van der Waals surface area contributed by atoms with Crippen LogP contribution in [0.2, 0.25) is 0 Å². The molecule has 0 aliphatic carbocycles. The third-order valence-electron chi connectivity index (χ3n) is 3.50. The molecule has 0 atom stereocenters. The number of rotatable bonds is 6. The van der Waals surface area contributed by atoms with E-state index in [2.05, 4.69) is 50.6 Å². The molecule has 0 spiro atoms. The van der Waals surface area contributed by atoms with E-state index in [-0.39, 0.29) is 0 Å². The SMILES string of the molecule is CONc1nc(N=NCc2cc(C)c(C)s2)cc(-c2ccncc2)n1. The first kappa shape index (κ1) is 17.1. The maximum Gasteiger partial charge on any atom is 0.249 e. The van der Waals surface area contributed by atoms with Crippen LogP contribution in [0.25, 0.3) is 11.3 Å². The summed E-state index contributed by atoms with van der Waals surface area (Å²) in [6.45, 7) is 4.73. The molecular weight excluding hydrogens is 336 g/mol. The average molecular weight is 354 g/mol. The van der Waals surface area contributed by atoms with Crippen LogP contribution in [0.15, 0.2) is 46.9 Å². The molecule has 3 aromatic heterocycles. The number of hydrogen-bond donors (Lipinski definition) is 1. The summed E-state index contributed by atoms with van der Waals surface area (Å²) in [4.78, 5) is 20.1. The van der Waals surface area contributed by atoms with Crippen molar-refractivity contribution >= 4 is 23.1 Å². The van der Waals surface area contributed by atoms with Crippen molar-refractivity contribution in [1.82, 2.24) is 15.0 Å². The molecule has 0 aliphatic rings. The molecule has 3 aromatic rings. The number of thiophene rings is 1. The Kier molecular flexibility index (Phi) is 5.42. The Morgan fingerprint density at radius 2 is 1.96 bits per heavy atom. The van der Waals surface area contributed by atoms with Gasteiger partial charge < -0.3 is 0 Å². The van der Waals surface area contributed by atoms with Crippen LogP contribution in [0, 0.1) is 13.8 Å². The first-order valence-corrected chi connectivity index (χ1v) is 8.49. The second kappa shape index (κ2) is 7.91. The summed E-state index contributed by atoms with van der Waals surface area (Å²) >= 11 is 1.74. The Bertz CT molecular complexity index is 859. The lowest BCUT2D eigenvalue weighted by molar-refractivity contribution is 0.267. The Morgan fingerprint density at radius 1 is 1.16 bits per heavy atom. The molecule has 8 heteroatoms. The van der Waals surface area contributed by atoms with Gasteiger partial charge in [0, 0.05) is 33.8 Å². The van der Waals surface area contributed by atoms with Gasteiger partial charge in [-0.3, -0.25) is 9.82 Å². The van der Waals surface area contributed by atoms with Crippen LogP contribution in [-0.2, 0) is 11.4 Å². The lowest BCUT2D eigenvalue weighted by atomic mass is 10.2. The van der Waals surface area contributed by atoms with Crippen LogP contribution >= 0.6 is 11.3 Å². The van der Waals surface area contributed by atoms with Crippen molar-refractivity contribution in [3.63, 3.8) is 0 Å². The van der Waals surface area contributed by atoms with Gasteiger partial charge in [-0.05, 0) is 37.6 Å². The minimum absolute atomic E-state index is 0.327. The Balaban J connectivity index is 1.84. The molecule has 1 N–H and O–H groups in total.